The van der Waals surface area contributed by atoms with Crippen molar-refractivity contribution >= 4 is 27.3 Å². The molecule has 0 fully saturated rings. The van der Waals surface area contributed by atoms with Crippen LogP contribution in [0.25, 0.3) is 0 Å². The summed E-state index contributed by atoms with van der Waals surface area (Å²) in [5.74, 6) is 0.283. The summed E-state index contributed by atoms with van der Waals surface area (Å²) < 4.78 is 33.7. The summed E-state index contributed by atoms with van der Waals surface area (Å²) >= 11 is 0. The van der Waals surface area contributed by atoms with Gasteiger partial charge in [0.05, 0.1) is 10.6 Å². The first-order valence-corrected chi connectivity index (χ1v) is 11.3. The minimum absolute atomic E-state index is 0.112. The maximum absolute atomic E-state index is 12.8. The number of hydrogen-bond donors (Lipinski definition) is 2. The summed E-state index contributed by atoms with van der Waals surface area (Å²) in [5, 5.41) is 2.70. The summed E-state index contributed by atoms with van der Waals surface area (Å²) in [7, 11) is -3.75. The van der Waals surface area contributed by atoms with Gasteiger partial charge in [0.25, 0.3) is 15.9 Å². The predicted molar refractivity (Wildman–Crippen MR) is 123 cm³/mol. The third-order valence-electron chi connectivity index (χ3n) is 4.72. The average molecular weight is 439 g/mol. The highest BCUT2D eigenvalue weighted by atomic mass is 32.2. The van der Waals surface area contributed by atoms with Crippen molar-refractivity contribution in [3.05, 3.63) is 82.9 Å². The fourth-order valence-electron chi connectivity index (χ4n) is 3.30. The molecule has 0 radical (unpaired) electrons. The highest BCUT2D eigenvalue weighted by Gasteiger charge is 2.17. The number of aryl methyl sites for hydroxylation is 4. The largest absolute Gasteiger partial charge is 0.484 e. The molecule has 6 nitrogen and oxygen atoms in total. The van der Waals surface area contributed by atoms with Crippen LogP contribution in [0, 0.1) is 27.7 Å². The van der Waals surface area contributed by atoms with E-state index in [4.69, 9.17) is 4.74 Å². The van der Waals surface area contributed by atoms with Gasteiger partial charge in [-0.25, -0.2) is 8.42 Å². The fraction of sp³-hybridized carbons (Fsp3) is 0.208. The lowest BCUT2D eigenvalue weighted by atomic mass is 10.1. The highest BCUT2D eigenvalue weighted by Crippen LogP contribution is 2.25. The third-order valence-corrected chi connectivity index (χ3v) is 6.09. The zero-order chi connectivity index (χ0) is 22.6. The highest BCUT2D eigenvalue weighted by molar-refractivity contribution is 7.92. The zero-order valence-corrected chi connectivity index (χ0v) is 18.8. The molecule has 0 aliphatic carbocycles. The van der Waals surface area contributed by atoms with Crippen LogP contribution in [0.2, 0.25) is 0 Å². The van der Waals surface area contributed by atoms with Gasteiger partial charge >= 0.3 is 0 Å². The Bertz CT molecular complexity index is 1180. The molecule has 0 spiro atoms. The number of nitrogens with one attached hydrogen (secondary N) is 2. The molecule has 0 saturated carbocycles. The SMILES string of the molecule is Cc1cccc(OCC(=O)Nc2ccc(S(=O)(=O)Nc3c(C)cc(C)cc3C)cc2)c1. The molecule has 0 atom stereocenters. The minimum atomic E-state index is -3.75. The fourth-order valence-corrected chi connectivity index (χ4v) is 4.51. The van der Waals surface area contributed by atoms with Gasteiger partial charge < -0.3 is 10.1 Å². The van der Waals surface area contributed by atoms with Gasteiger partial charge in [0.1, 0.15) is 5.75 Å². The Kier molecular flexibility index (Phi) is 6.65. The van der Waals surface area contributed by atoms with Gasteiger partial charge in [-0.05, 0) is 80.8 Å². The van der Waals surface area contributed by atoms with Crippen LogP contribution in [-0.2, 0) is 14.8 Å². The Morgan fingerprint density at radius 2 is 1.52 bits per heavy atom. The van der Waals surface area contributed by atoms with E-state index in [9.17, 15) is 13.2 Å². The molecule has 3 aromatic carbocycles. The van der Waals surface area contributed by atoms with Gasteiger partial charge in [0.15, 0.2) is 6.61 Å². The van der Waals surface area contributed by atoms with Gasteiger partial charge in [0.2, 0.25) is 0 Å². The maximum atomic E-state index is 12.8. The summed E-state index contributed by atoms with van der Waals surface area (Å²) in [6.07, 6.45) is 0. The first kappa shape index (κ1) is 22.4. The molecular weight excluding hydrogens is 412 g/mol. The molecule has 1 amide bonds. The molecule has 0 unspecified atom stereocenters. The van der Waals surface area contributed by atoms with E-state index < -0.39 is 10.0 Å². The average Bonchev–Trinajstić information content (AvgIpc) is 2.70. The van der Waals surface area contributed by atoms with Crippen LogP contribution in [0.3, 0.4) is 0 Å². The van der Waals surface area contributed by atoms with E-state index in [1.165, 1.54) is 12.1 Å². The number of rotatable bonds is 7. The van der Waals surface area contributed by atoms with Gasteiger partial charge in [-0.1, -0.05) is 29.8 Å². The van der Waals surface area contributed by atoms with Gasteiger partial charge in [-0.2, -0.15) is 0 Å². The molecule has 3 aromatic rings. The van der Waals surface area contributed by atoms with Crippen LogP contribution >= 0.6 is 0 Å². The van der Waals surface area contributed by atoms with Crippen molar-refractivity contribution in [3.8, 4) is 5.75 Å². The number of benzene rings is 3. The second kappa shape index (κ2) is 9.22. The monoisotopic (exact) mass is 438 g/mol. The number of anilines is 2. The number of sulfonamides is 1. The molecule has 3 rings (SSSR count). The lowest BCUT2D eigenvalue weighted by Gasteiger charge is -2.14. The predicted octanol–water partition coefficient (Wildman–Crippen LogP) is 4.74. The van der Waals surface area contributed by atoms with E-state index in [0.29, 0.717) is 17.1 Å². The first-order valence-electron chi connectivity index (χ1n) is 9.84. The summed E-state index contributed by atoms with van der Waals surface area (Å²) in [6.45, 7) is 7.51. The van der Waals surface area contributed by atoms with Crippen molar-refractivity contribution in [3.63, 3.8) is 0 Å². The molecular formula is C24H26N2O4S. The third kappa shape index (κ3) is 5.86. The van der Waals surface area contributed by atoms with Gasteiger partial charge in [-0.15, -0.1) is 0 Å². The van der Waals surface area contributed by atoms with E-state index in [1.54, 1.807) is 18.2 Å². The number of carbonyl (C=O) groups is 1. The van der Waals surface area contributed by atoms with Crippen LogP contribution < -0.4 is 14.8 Å². The molecule has 7 heteroatoms. The van der Waals surface area contributed by atoms with Gasteiger partial charge in [-0.3, -0.25) is 9.52 Å². The number of hydrogen-bond acceptors (Lipinski definition) is 4. The van der Waals surface area contributed by atoms with Crippen molar-refractivity contribution in [2.75, 3.05) is 16.6 Å². The first-order chi connectivity index (χ1) is 14.6. The Balaban J connectivity index is 1.64. The summed E-state index contributed by atoms with van der Waals surface area (Å²) in [6, 6.07) is 17.3. The van der Waals surface area contributed by atoms with Crippen molar-refractivity contribution in [2.24, 2.45) is 0 Å². The molecule has 0 aromatic heterocycles. The zero-order valence-electron chi connectivity index (χ0n) is 18.0. The van der Waals surface area contributed by atoms with Crippen molar-refractivity contribution < 1.29 is 17.9 Å². The second-order valence-electron chi connectivity index (χ2n) is 7.56. The van der Waals surface area contributed by atoms with Crippen molar-refractivity contribution in [2.45, 2.75) is 32.6 Å². The van der Waals surface area contributed by atoms with Gasteiger partial charge in [0, 0.05) is 5.69 Å². The standard InChI is InChI=1S/C24H26N2O4S/c1-16-6-5-7-21(14-16)30-15-23(27)25-20-8-10-22(11-9-20)31(28,29)26-24-18(3)12-17(2)13-19(24)4/h5-14,26H,15H2,1-4H3,(H,25,27). The lowest BCUT2D eigenvalue weighted by Crippen LogP contribution is -2.20. The number of ether oxygens (including phenoxy) is 1. The summed E-state index contributed by atoms with van der Waals surface area (Å²) in [5.41, 5.74) is 4.90. The normalized spacial score (nSPS) is 11.1. The minimum Gasteiger partial charge on any atom is -0.484 e. The van der Waals surface area contributed by atoms with E-state index >= 15 is 0 Å². The number of carbonyl (C=O) groups excluding carboxylic acids is 1. The summed E-state index contributed by atoms with van der Waals surface area (Å²) in [4.78, 5) is 12.2. The van der Waals surface area contributed by atoms with Crippen molar-refractivity contribution in [1.82, 2.24) is 0 Å². The molecule has 162 valence electrons. The lowest BCUT2D eigenvalue weighted by molar-refractivity contribution is -0.118. The Morgan fingerprint density at radius 3 is 2.13 bits per heavy atom. The van der Waals surface area contributed by atoms with Crippen LogP contribution in [0.1, 0.15) is 22.3 Å². The second-order valence-corrected chi connectivity index (χ2v) is 9.24. The van der Waals surface area contributed by atoms with Crippen LogP contribution in [0.4, 0.5) is 11.4 Å². The molecule has 2 N–H and O–H groups in total. The van der Waals surface area contributed by atoms with Crippen LogP contribution in [-0.4, -0.2) is 20.9 Å². The topological polar surface area (TPSA) is 84.5 Å². The van der Waals surface area contributed by atoms with Crippen molar-refractivity contribution in [1.29, 1.82) is 0 Å². The quantitative estimate of drug-likeness (QED) is 0.558. The molecule has 0 heterocycles. The Hall–Kier alpha value is -3.32. The maximum Gasteiger partial charge on any atom is 0.262 e. The molecule has 0 bridgehead atoms. The van der Waals surface area contributed by atoms with E-state index in [-0.39, 0.29) is 17.4 Å². The van der Waals surface area contributed by atoms with E-state index in [1.807, 2.05) is 58.0 Å². The Morgan fingerprint density at radius 1 is 0.871 bits per heavy atom. The molecule has 0 aliphatic rings. The molecule has 0 saturated heterocycles. The van der Waals surface area contributed by atoms with E-state index in [2.05, 4.69) is 10.0 Å². The molecule has 0 aliphatic heterocycles. The Labute approximate surface area is 183 Å². The smallest absolute Gasteiger partial charge is 0.262 e. The molecule has 31 heavy (non-hydrogen) atoms. The van der Waals surface area contributed by atoms with Crippen LogP contribution in [0.5, 0.6) is 5.75 Å². The van der Waals surface area contributed by atoms with Crippen LogP contribution in [0.15, 0.2) is 65.6 Å². The number of amides is 1. The van der Waals surface area contributed by atoms with E-state index in [0.717, 1.165) is 22.3 Å².